The van der Waals surface area contributed by atoms with E-state index in [0.717, 1.165) is 77.5 Å². The Kier molecular flexibility index (Phi) is 5.64. The summed E-state index contributed by atoms with van der Waals surface area (Å²) in [4.78, 5) is 5.10. The Bertz CT molecular complexity index is 2350. The van der Waals surface area contributed by atoms with Crippen LogP contribution in [0.3, 0.4) is 0 Å². The van der Waals surface area contributed by atoms with Crippen molar-refractivity contribution in [2.45, 2.75) is 12.3 Å². The maximum atomic E-state index is 6.51. The summed E-state index contributed by atoms with van der Waals surface area (Å²) < 4.78 is 12.8. The highest BCUT2D eigenvalue weighted by Gasteiger charge is 2.25. The molecule has 0 aliphatic carbocycles. The highest BCUT2D eigenvalue weighted by Crippen LogP contribution is 2.38. The molecule has 1 aliphatic rings. The number of amidine groups is 1. The van der Waals surface area contributed by atoms with Crippen LogP contribution in [0.2, 0.25) is 0 Å². The van der Waals surface area contributed by atoms with Crippen LogP contribution in [0.25, 0.3) is 55.0 Å². The van der Waals surface area contributed by atoms with Crippen molar-refractivity contribution in [3.8, 4) is 11.1 Å². The number of rotatable bonds is 4. The summed E-state index contributed by atoms with van der Waals surface area (Å²) in [6, 6.07) is 48.0. The number of hydrogen-bond donors (Lipinski definition) is 2. The predicted molar refractivity (Wildman–Crippen MR) is 178 cm³/mol. The van der Waals surface area contributed by atoms with Crippen molar-refractivity contribution in [1.82, 2.24) is 10.6 Å². The van der Waals surface area contributed by atoms with E-state index in [-0.39, 0.29) is 12.3 Å². The summed E-state index contributed by atoms with van der Waals surface area (Å²) >= 11 is 0. The maximum Gasteiger partial charge on any atom is 0.143 e. The molecule has 0 saturated heterocycles. The molecule has 1 aliphatic heterocycles. The number of benzene rings is 6. The molecule has 2 unspecified atom stereocenters. The van der Waals surface area contributed by atoms with Crippen LogP contribution in [-0.2, 0) is 0 Å². The molecule has 3 heterocycles. The molecule has 5 heteroatoms. The van der Waals surface area contributed by atoms with E-state index in [4.69, 9.17) is 13.8 Å². The molecular weight excluding hydrogens is 542 g/mol. The molecule has 0 fully saturated rings. The third-order valence-corrected chi connectivity index (χ3v) is 8.57. The van der Waals surface area contributed by atoms with Gasteiger partial charge in [0.05, 0.1) is 0 Å². The Morgan fingerprint density at radius 1 is 0.500 bits per heavy atom. The molecule has 2 atom stereocenters. The highest BCUT2D eigenvalue weighted by atomic mass is 16.3. The van der Waals surface area contributed by atoms with Gasteiger partial charge in [0.15, 0.2) is 0 Å². The zero-order chi connectivity index (χ0) is 29.0. The summed E-state index contributed by atoms with van der Waals surface area (Å²) in [5, 5.41) is 11.7. The largest absolute Gasteiger partial charge is 0.456 e. The first kappa shape index (κ1) is 24.9. The predicted octanol–water partition coefficient (Wildman–Crippen LogP) is 9.49. The van der Waals surface area contributed by atoms with E-state index in [1.54, 1.807) is 0 Å². The van der Waals surface area contributed by atoms with Crippen LogP contribution >= 0.6 is 0 Å². The second kappa shape index (κ2) is 9.97. The normalized spacial score (nSPS) is 16.9. The fourth-order valence-electron chi connectivity index (χ4n) is 6.40. The smallest absolute Gasteiger partial charge is 0.143 e. The van der Waals surface area contributed by atoms with Crippen molar-refractivity contribution < 1.29 is 8.83 Å². The van der Waals surface area contributed by atoms with Crippen molar-refractivity contribution in [2.75, 3.05) is 0 Å². The Labute approximate surface area is 253 Å². The minimum Gasteiger partial charge on any atom is -0.456 e. The minimum atomic E-state index is -0.187. The number of fused-ring (bicyclic) bond motifs is 6. The third-order valence-electron chi connectivity index (χ3n) is 8.57. The summed E-state index contributed by atoms with van der Waals surface area (Å²) in [5.41, 5.74) is 8.80. The molecule has 0 radical (unpaired) electrons. The average Bonchev–Trinajstić information content (AvgIpc) is 3.66. The van der Waals surface area contributed by atoms with Gasteiger partial charge in [-0.25, -0.2) is 4.99 Å². The van der Waals surface area contributed by atoms with E-state index in [0.29, 0.717) is 0 Å². The highest BCUT2D eigenvalue weighted by molar-refractivity contribution is 6.12. The SMILES string of the molecule is c1ccc(C2N=C(c3ccc4c(c3)oc3cc(-c5cccc6c5oc5ccccc56)ccc34)NC(c3ccccc3)N2)cc1. The molecule has 44 heavy (non-hydrogen) atoms. The van der Waals surface area contributed by atoms with Crippen LogP contribution < -0.4 is 10.6 Å². The van der Waals surface area contributed by atoms with Crippen LogP contribution in [-0.4, -0.2) is 5.84 Å². The van der Waals surface area contributed by atoms with Gasteiger partial charge in [-0.05, 0) is 47.0 Å². The monoisotopic (exact) mass is 569 g/mol. The van der Waals surface area contributed by atoms with Gasteiger partial charge in [-0.15, -0.1) is 0 Å². The standard InChI is InChI=1S/C39H27N3O2/c1-3-10-24(11-4-1)37-40-38(25-12-5-2-6-13-25)42-39(41-37)27-19-21-31-30-20-18-26(22-34(30)43-35(31)23-27)28-15-9-16-32-29-14-7-8-17-33(29)44-36(28)32/h1-23,37-38,40H,(H,41,42). The molecule has 0 spiro atoms. The molecule has 2 aromatic heterocycles. The Morgan fingerprint density at radius 2 is 1.14 bits per heavy atom. The first-order valence-electron chi connectivity index (χ1n) is 14.9. The molecule has 8 aromatic rings. The quantitative estimate of drug-likeness (QED) is 0.222. The summed E-state index contributed by atoms with van der Waals surface area (Å²) in [6.45, 7) is 0. The van der Waals surface area contributed by atoms with Gasteiger partial charge in [-0.3, -0.25) is 5.32 Å². The van der Waals surface area contributed by atoms with Crippen molar-refractivity contribution in [3.05, 3.63) is 156 Å². The van der Waals surface area contributed by atoms with Gasteiger partial charge in [0.25, 0.3) is 0 Å². The zero-order valence-corrected chi connectivity index (χ0v) is 23.7. The molecule has 0 bridgehead atoms. The number of hydrogen-bond acceptors (Lipinski definition) is 5. The van der Waals surface area contributed by atoms with Crippen LogP contribution in [0.5, 0.6) is 0 Å². The maximum absolute atomic E-state index is 6.51. The molecule has 5 nitrogen and oxygen atoms in total. The lowest BCUT2D eigenvalue weighted by Gasteiger charge is -2.32. The lowest BCUT2D eigenvalue weighted by molar-refractivity contribution is 0.409. The van der Waals surface area contributed by atoms with Crippen molar-refractivity contribution >= 4 is 49.7 Å². The number of aliphatic imine (C=N–C) groups is 1. The lowest BCUT2D eigenvalue weighted by Crippen LogP contribution is -2.44. The molecular formula is C39H27N3O2. The molecule has 6 aromatic carbocycles. The number of furan rings is 2. The second-order valence-corrected chi connectivity index (χ2v) is 11.3. The Balaban J connectivity index is 1.13. The van der Waals surface area contributed by atoms with Gasteiger partial charge < -0.3 is 14.2 Å². The van der Waals surface area contributed by atoms with Crippen molar-refractivity contribution in [2.24, 2.45) is 4.99 Å². The first-order chi connectivity index (χ1) is 21.8. The number of nitrogens with zero attached hydrogens (tertiary/aromatic N) is 1. The zero-order valence-electron chi connectivity index (χ0n) is 23.7. The molecule has 9 rings (SSSR count). The third kappa shape index (κ3) is 4.09. The van der Waals surface area contributed by atoms with E-state index < -0.39 is 0 Å². The first-order valence-corrected chi connectivity index (χ1v) is 14.9. The van der Waals surface area contributed by atoms with E-state index in [1.165, 1.54) is 0 Å². The molecule has 210 valence electrons. The molecule has 2 N–H and O–H groups in total. The molecule has 0 saturated carbocycles. The van der Waals surface area contributed by atoms with Crippen LogP contribution in [0.15, 0.2) is 153 Å². The summed E-state index contributed by atoms with van der Waals surface area (Å²) in [5.74, 6) is 0.825. The van der Waals surface area contributed by atoms with Gasteiger partial charge in [-0.2, -0.15) is 0 Å². The lowest BCUT2D eigenvalue weighted by atomic mass is 10.0. The van der Waals surface area contributed by atoms with Crippen molar-refractivity contribution in [1.29, 1.82) is 0 Å². The summed E-state index contributed by atoms with van der Waals surface area (Å²) in [7, 11) is 0. The van der Waals surface area contributed by atoms with Gasteiger partial charge in [0.2, 0.25) is 0 Å². The van der Waals surface area contributed by atoms with Crippen LogP contribution in [0, 0.1) is 0 Å². The minimum absolute atomic E-state index is 0.0937. The van der Waals surface area contributed by atoms with Crippen molar-refractivity contribution in [3.63, 3.8) is 0 Å². The summed E-state index contributed by atoms with van der Waals surface area (Å²) in [6.07, 6.45) is -0.281. The van der Waals surface area contributed by atoms with E-state index in [1.807, 2.05) is 30.3 Å². The van der Waals surface area contributed by atoms with E-state index in [2.05, 4.69) is 120 Å². The van der Waals surface area contributed by atoms with Crippen LogP contribution in [0.1, 0.15) is 29.0 Å². The van der Waals surface area contributed by atoms with Crippen LogP contribution in [0.4, 0.5) is 0 Å². The Morgan fingerprint density at radius 3 is 1.93 bits per heavy atom. The average molecular weight is 570 g/mol. The molecule has 0 amide bonds. The van der Waals surface area contributed by atoms with Gasteiger partial charge in [0, 0.05) is 32.7 Å². The van der Waals surface area contributed by atoms with Gasteiger partial charge in [0.1, 0.15) is 40.5 Å². The van der Waals surface area contributed by atoms with E-state index in [9.17, 15) is 0 Å². The Hall–Kier alpha value is -5.65. The topological polar surface area (TPSA) is 62.7 Å². The van der Waals surface area contributed by atoms with Gasteiger partial charge >= 0.3 is 0 Å². The number of para-hydroxylation sites is 2. The fraction of sp³-hybridized carbons (Fsp3) is 0.0513. The van der Waals surface area contributed by atoms with E-state index >= 15 is 0 Å². The second-order valence-electron chi connectivity index (χ2n) is 11.3. The number of nitrogens with one attached hydrogen (secondary N) is 2. The van der Waals surface area contributed by atoms with Gasteiger partial charge in [-0.1, -0.05) is 109 Å². The fourth-order valence-corrected chi connectivity index (χ4v) is 6.40.